The van der Waals surface area contributed by atoms with Gasteiger partial charge < -0.3 is 4.90 Å². The number of benzene rings is 2. The third kappa shape index (κ3) is 4.20. The van der Waals surface area contributed by atoms with Gasteiger partial charge >= 0.3 is 0 Å². The fourth-order valence-corrected chi connectivity index (χ4v) is 4.22. The molecule has 1 aliphatic heterocycles. The van der Waals surface area contributed by atoms with Gasteiger partial charge in [-0.2, -0.15) is 5.10 Å². The van der Waals surface area contributed by atoms with E-state index in [1.807, 2.05) is 47.3 Å². The molecular weight excluding hydrogens is 401 g/mol. The predicted octanol–water partition coefficient (Wildman–Crippen LogP) is 4.49. The molecule has 0 bridgehead atoms. The number of halogens is 1. The molecule has 0 N–H and O–H groups in total. The van der Waals surface area contributed by atoms with Crippen LogP contribution in [0.15, 0.2) is 79.3 Å². The van der Waals surface area contributed by atoms with Gasteiger partial charge in [0.1, 0.15) is 5.82 Å². The van der Waals surface area contributed by atoms with Gasteiger partial charge in [-0.15, -0.1) is 0 Å². The molecule has 32 heavy (non-hydrogen) atoms. The molecule has 2 aromatic carbocycles. The van der Waals surface area contributed by atoms with E-state index in [1.54, 1.807) is 18.5 Å². The summed E-state index contributed by atoms with van der Waals surface area (Å²) in [7, 11) is 2.15. The molecule has 2 aromatic heterocycles. The zero-order valence-electron chi connectivity index (χ0n) is 18.2. The number of hydrogen-bond donors (Lipinski definition) is 0. The van der Waals surface area contributed by atoms with Crippen LogP contribution in [0.1, 0.15) is 5.56 Å². The Bertz CT molecular complexity index is 1180. The normalized spacial score (nSPS) is 15.2. The van der Waals surface area contributed by atoms with Gasteiger partial charge in [-0.1, -0.05) is 24.3 Å². The van der Waals surface area contributed by atoms with E-state index in [9.17, 15) is 4.39 Å². The van der Waals surface area contributed by atoms with Gasteiger partial charge in [-0.25, -0.2) is 9.07 Å². The number of nitrogens with zero attached hydrogens (tertiary/aromatic N) is 5. The molecule has 0 aliphatic carbocycles. The average Bonchev–Trinajstić information content (AvgIpc) is 3.25. The number of piperazine rings is 1. The Morgan fingerprint density at radius 3 is 2.25 bits per heavy atom. The minimum absolute atomic E-state index is 0.234. The lowest BCUT2D eigenvalue weighted by molar-refractivity contribution is 0.148. The molecule has 4 aromatic rings. The molecule has 0 atom stereocenters. The Hall–Kier alpha value is -3.35. The first kappa shape index (κ1) is 20.5. The second kappa shape index (κ2) is 9.02. The Morgan fingerprint density at radius 1 is 0.844 bits per heavy atom. The fourth-order valence-electron chi connectivity index (χ4n) is 4.22. The van der Waals surface area contributed by atoms with E-state index >= 15 is 0 Å². The first-order valence-corrected chi connectivity index (χ1v) is 10.9. The number of pyridine rings is 1. The minimum atomic E-state index is -0.234. The molecule has 0 spiro atoms. The molecule has 5 nitrogen and oxygen atoms in total. The second-order valence-electron chi connectivity index (χ2n) is 8.27. The Kier molecular flexibility index (Phi) is 5.79. The first-order valence-electron chi connectivity index (χ1n) is 10.9. The van der Waals surface area contributed by atoms with Crippen LogP contribution in [0, 0.1) is 5.82 Å². The third-order valence-corrected chi connectivity index (χ3v) is 6.09. The van der Waals surface area contributed by atoms with Crippen molar-refractivity contribution in [2.24, 2.45) is 0 Å². The highest BCUT2D eigenvalue weighted by atomic mass is 19.1. The van der Waals surface area contributed by atoms with E-state index in [0.29, 0.717) is 5.56 Å². The number of aromatic nitrogens is 3. The lowest BCUT2D eigenvalue weighted by Gasteiger charge is -2.32. The van der Waals surface area contributed by atoms with E-state index in [2.05, 4.69) is 39.1 Å². The zero-order valence-corrected chi connectivity index (χ0v) is 18.2. The van der Waals surface area contributed by atoms with Crippen molar-refractivity contribution in [1.29, 1.82) is 0 Å². The molecule has 1 saturated heterocycles. The molecule has 162 valence electrons. The van der Waals surface area contributed by atoms with Crippen molar-refractivity contribution in [3.8, 4) is 28.1 Å². The maximum atomic E-state index is 14.9. The SMILES string of the molecule is CN1CCN(Cc2cnn(-c3ccc(-c4ccncc4)cc3)c2-c2ccccc2F)CC1. The van der Waals surface area contributed by atoms with E-state index in [0.717, 1.165) is 60.8 Å². The van der Waals surface area contributed by atoms with Crippen LogP contribution in [0.5, 0.6) is 0 Å². The van der Waals surface area contributed by atoms with Gasteiger partial charge in [0.15, 0.2) is 0 Å². The van der Waals surface area contributed by atoms with Crippen LogP contribution in [0.25, 0.3) is 28.1 Å². The van der Waals surface area contributed by atoms with Gasteiger partial charge in [0.2, 0.25) is 0 Å². The first-order chi connectivity index (χ1) is 15.7. The summed E-state index contributed by atoms with van der Waals surface area (Å²) in [5, 5.41) is 4.69. The molecule has 0 radical (unpaired) electrons. The molecule has 3 heterocycles. The molecule has 0 unspecified atom stereocenters. The highest BCUT2D eigenvalue weighted by molar-refractivity contribution is 5.68. The van der Waals surface area contributed by atoms with E-state index < -0.39 is 0 Å². The zero-order chi connectivity index (χ0) is 21.9. The Morgan fingerprint density at radius 2 is 1.53 bits per heavy atom. The standard InChI is InChI=1S/C26H26FN5/c1-30-14-16-31(17-15-30)19-22-18-29-32(26(22)24-4-2-3-5-25(24)27)23-8-6-20(7-9-23)21-10-12-28-13-11-21/h2-13,18H,14-17,19H2,1H3. The van der Waals surface area contributed by atoms with Crippen LogP contribution in [0.4, 0.5) is 4.39 Å². The van der Waals surface area contributed by atoms with Crippen molar-refractivity contribution >= 4 is 0 Å². The summed E-state index contributed by atoms with van der Waals surface area (Å²) < 4.78 is 16.7. The van der Waals surface area contributed by atoms with Crippen LogP contribution in [-0.2, 0) is 6.54 Å². The average molecular weight is 428 g/mol. The van der Waals surface area contributed by atoms with Gasteiger partial charge in [0.05, 0.1) is 17.6 Å². The summed E-state index contributed by atoms with van der Waals surface area (Å²) in [6.45, 7) is 4.84. The summed E-state index contributed by atoms with van der Waals surface area (Å²) in [5.41, 5.74) is 5.56. The number of likely N-dealkylation sites (N-methyl/N-ethyl adjacent to an activating group) is 1. The van der Waals surface area contributed by atoms with Gasteiger partial charge in [-0.3, -0.25) is 9.88 Å². The number of rotatable bonds is 5. The van der Waals surface area contributed by atoms with Gasteiger partial charge in [0.25, 0.3) is 0 Å². The molecule has 1 fully saturated rings. The summed E-state index contributed by atoms with van der Waals surface area (Å²) >= 11 is 0. The van der Waals surface area contributed by atoms with Crippen molar-refractivity contribution in [3.63, 3.8) is 0 Å². The lowest BCUT2D eigenvalue weighted by atomic mass is 10.0. The summed E-state index contributed by atoms with van der Waals surface area (Å²) in [4.78, 5) is 8.84. The van der Waals surface area contributed by atoms with Crippen LogP contribution in [0.2, 0.25) is 0 Å². The van der Waals surface area contributed by atoms with E-state index in [4.69, 9.17) is 0 Å². The Labute approximate surface area is 187 Å². The molecule has 1 aliphatic rings. The van der Waals surface area contributed by atoms with Crippen molar-refractivity contribution < 1.29 is 4.39 Å². The summed E-state index contributed by atoms with van der Waals surface area (Å²) in [5.74, 6) is -0.234. The highest BCUT2D eigenvalue weighted by Crippen LogP contribution is 2.30. The van der Waals surface area contributed by atoms with E-state index in [1.165, 1.54) is 6.07 Å². The van der Waals surface area contributed by atoms with Gasteiger partial charge in [0, 0.05) is 56.2 Å². The maximum absolute atomic E-state index is 14.9. The topological polar surface area (TPSA) is 37.2 Å². The maximum Gasteiger partial charge on any atom is 0.132 e. The monoisotopic (exact) mass is 427 g/mol. The summed E-state index contributed by atoms with van der Waals surface area (Å²) in [6, 6.07) is 19.1. The van der Waals surface area contributed by atoms with Gasteiger partial charge in [-0.05, 0) is 54.6 Å². The third-order valence-electron chi connectivity index (χ3n) is 6.09. The number of hydrogen-bond acceptors (Lipinski definition) is 4. The summed E-state index contributed by atoms with van der Waals surface area (Å²) in [6.07, 6.45) is 5.46. The quantitative estimate of drug-likeness (QED) is 0.470. The van der Waals surface area contributed by atoms with Crippen molar-refractivity contribution in [2.75, 3.05) is 33.2 Å². The lowest BCUT2D eigenvalue weighted by Crippen LogP contribution is -2.43. The largest absolute Gasteiger partial charge is 0.304 e. The van der Waals surface area contributed by atoms with Crippen molar-refractivity contribution in [2.45, 2.75) is 6.54 Å². The molecular formula is C26H26FN5. The van der Waals surface area contributed by atoms with Crippen LogP contribution >= 0.6 is 0 Å². The van der Waals surface area contributed by atoms with Crippen LogP contribution in [0.3, 0.4) is 0 Å². The molecule has 5 rings (SSSR count). The van der Waals surface area contributed by atoms with Crippen LogP contribution < -0.4 is 0 Å². The van der Waals surface area contributed by atoms with Crippen molar-refractivity contribution in [3.05, 3.63) is 90.6 Å². The van der Waals surface area contributed by atoms with E-state index in [-0.39, 0.29) is 5.82 Å². The predicted molar refractivity (Wildman–Crippen MR) is 125 cm³/mol. The molecule has 0 amide bonds. The Balaban J connectivity index is 1.52. The molecule has 6 heteroatoms. The fraction of sp³-hybridized carbons (Fsp3) is 0.231. The smallest absolute Gasteiger partial charge is 0.132 e. The second-order valence-corrected chi connectivity index (χ2v) is 8.27. The molecule has 0 saturated carbocycles. The minimum Gasteiger partial charge on any atom is -0.304 e. The van der Waals surface area contributed by atoms with Crippen LogP contribution in [-0.4, -0.2) is 57.8 Å². The highest BCUT2D eigenvalue weighted by Gasteiger charge is 2.21. The van der Waals surface area contributed by atoms with Crippen molar-refractivity contribution in [1.82, 2.24) is 24.6 Å².